The van der Waals surface area contributed by atoms with Crippen LogP contribution >= 0.6 is 0 Å². The molecule has 0 radical (unpaired) electrons. The zero-order valence-corrected chi connectivity index (χ0v) is 16.9. The fourth-order valence-electron chi connectivity index (χ4n) is 4.60. The van der Waals surface area contributed by atoms with Crippen LogP contribution in [0.3, 0.4) is 0 Å². The Labute approximate surface area is 169 Å². The van der Waals surface area contributed by atoms with Crippen molar-refractivity contribution in [1.82, 2.24) is 10.2 Å². The van der Waals surface area contributed by atoms with E-state index in [9.17, 15) is 14.3 Å². The van der Waals surface area contributed by atoms with Crippen molar-refractivity contribution in [2.24, 2.45) is 5.92 Å². The Morgan fingerprint density at radius 3 is 2.72 bits per heavy atom. The van der Waals surface area contributed by atoms with Crippen molar-refractivity contribution in [2.75, 3.05) is 13.6 Å². The smallest absolute Gasteiger partial charge is 0.352 e. The first-order valence-electron chi connectivity index (χ1n) is 10.2. The van der Waals surface area contributed by atoms with Crippen molar-refractivity contribution in [1.29, 1.82) is 0 Å². The minimum atomic E-state index is -0.929. The van der Waals surface area contributed by atoms with Crippen molar-refractivity contribution in [3.05, 3.63) is 58.9 Å². The number of nitrogens with zero attached hydrogens (tertiary/aromatic N) is 1. The highest BCUT2D eigenvalue weighted by atomic mass is 19.1. The van der Waals surface area contributed by atoms with Gasteiger partial charge in [0.2, 0.25) is 0 Å². The van der Waals surface area contributed by atoms with Crippen LogP contribution in [0.1, 0.15) is 49.5 Å². The van der Waals surface area contributed by atoms with Crippen LogP contribution in [0.4, 0.5) is 4.39 Å². The van der Waals surface area contributed by atoms with Gasteiger partial charge in [0.25, 0.3) is 0 Å². The quantitative estimate of drug-likeness (QED) is 0.751. The van der Waals surface area contributed by atoms with E-state index in [2.05, 4.69) is 5.32 Å². The summed E-state index contributed by atoms with van der Waals surface area (Å²) in [7, 11) is 1.78. The Balaban J connectivity index is 1.70. The van der Waals surface area contributed by atoms with E-state index in [1.165, 1.54) is 31.4 Å². The Bertz CT molecular complexity index is 985. The molecule has 154 valence electrons. The molecule has 1 fully saturated rings. The maximum atomic E-state index is 13.8. The first kappa shape index (κ1) is 19.6. The van der Waals surface area contributed by atoms with E-state index in [1.54, 1.807) is 24.1 Å². The number of carboxylic acids is 1. The second-order valence-corrected chi connectivity index (χ2v) is 8.16. The zero-order valence-electron chi connectivity index (χ0n) is 16.9. The van der Waals surface area contributed by atoms with E-state index < -0.39 is 5.97 Å². The van der Waals surface area contributed by atoms with Crippen molar-refractivity contribution in [3.8, 4) is 0 Å². The van der Waals surface area contributed by atoms with Gasteiger partial charge in [0, 0.05) is 23.7 Å². The summed E-state index contributed by atoms with van der Waals surface area (Å²) in [5.41, 5.74) is 2.90. The normalized spacial score (nSPS) is 19.1. The molecule has 2 heterocycles. The number of hydrogen-bond acceptors (Lipinski definition) is 4. The Morgan fingerprint density at radius 1 is 1.28 bits per heavy atom. The molecule has 1 aromatic heterocycles. The molecule has 0 bridgehead atoms. The van der Waals surface area contributed by atoms with E-state index in [0.29, 0.717) is 18.0 Å². The molecule has 29 heavy (non-hydrogen) atoms. The summed E-state index contributed by atoms with van der Waals surface area (Å²) in [5, 5.41) is 13.7. The highest BCUT2D eigenvalue weighted by Crippen LogP contribution is 2.39. The standard InChI is InChI=1S/C23H27FN2O3/c1-14-18-12-16(24)8-11-20(18)29-22(14)21(15-6-4-3-5-7-15)25-17-9-10-19(23(27)28)26(2)13-17/h8-12,15,21,25H,3-7,13H2,1-2H3,(H,27,28). The van der Waals surface area contributed by atoms with Crippen LogP contribution in [0.15, 0.2) is 46.2 Å². The Hall–Kier alpha value is -2.76. The highest BCUT2D eigenvalue weighted by Gasteiger charge is 2.31. The summed E-state index contributed by atoms with van der Waals surface area (Å²) in [6, 6.07) is 4.62. The predicted molar refractivity (Wildman–Crippen MR) is 110 cm³/mol. The van der Waals surface area contributed by atoms with Gasteiger partial charge in [-0.3, -0.25) is 0 Å². The van der Waals surface area contributed by atoms with Gasteiger partial charge in [-0.2, -0.15) is 0 Å². The first-order chi connectivity index (χ1) is 13.9. The van der Waals surface area contributed by atoms with Gasteiger partial charge in [0.05, 0.1) is 12.6 Å². The van der Waals surface area contributed by atoms with Gasteiger partial charge in [-0.1, -0.05) is 19.3 Å². The monoisotopic (exact) mass is 398 g/mol. The third kappa shape index (κ3) is 3.88. The van der Waals surface area contributed by atoms with Crippen LogP contribution in [0.5, 0.6) is 0 Å². The first-order valence-corrected chi connectivity index (χ1v) is 10.2. The molecule has 1 aromatic carbocycles. The van der Waals surface area contributed by atoms with Crippen LogP contribution in [-0.2, 0) is 4.79 Å². The molecule has 4 rings (SSSR count). The van der Waals surface area contributed by atoms with Crippen LogP contribution in [0.2, 0.25) is 0 Å². The number of furan rings is 1. The Kier molecular flexibility index (Phi) is 5.35. The molecule has 0 saturated heterocycles. The van der Waals surface area contributed by atoms with Gasteiger partial charge in [0.15, 0.2) is 0 Å². The number of fused-ring (bicyclic) bond motifs is 1. The number of nitrogens with one attached hydrogen (secondary N) is 1. The minimum absolute atomic E-state index is 0.0230. The number of halogens is 1. The molecule has 6 heteroatoms. The van der Waals surface area contributed by atoms with E-state index in [1.807, 2.05) is 13.0 Å². The molecule has 1 aliphatic heterocycles. The van der Waals surface area contributed by atoms with E-state index >= 15 is 0 Å². The average Bonchev–Trinajstić information content (AvgIpc) is 3.02. The maximum absolute atomic E-state index is 13.8. The van der Waals surface area contributed by atoms with Gasteiger partial charge < -0.3 is 19.7 Å². The van der Waals surface area contributed by atoms with Gasteiger partial charge in [-0.05, 0) is 56.0 Å². The molecule has 2 aromatic rings. The third-order valence-corrected chi connectivity index (χ3v) is 6.16. The topological polar surface area (TPSA) is 65.7 Å². The van der Waals surface area contributed by atoms with E-state index in [4.69, 9.17) is 4.42 Å². The molecule has 0 amide bonds. The van der Waals surface area contributed by atoms with E-state index in [-0.39, 0.29) is 17.6 Å². The van der Waals surface area contributed by atoms with Crippen LogP contribution in [0.25, 0.3) is 11.0 Å². The zero-order chi connectivity index (χ0) is 20.5. The molecule has 1 unspecified atom stereocenters. The molecular weight excluding hydrogens is 371 g/mol. The maximum Gasteiger partial charge on any atom is 0.352 e. The van der Waals surface area contributed by atoms with Crippen molar-refractivity contribution in [3.63, 3.8) is 0 Å². The molecule has 1 aliphatic carbocycles. The van der Waals surface area contributed by atoms with Crippen LogP contribution in [0, 0.1) is 18.7 Å². The predicted octanol–water partition coefficient (Wildman–Crippen LogP) is 4.89. The molecule has 1 saturated carbocycles. The Morgan fingerprint density at radius 2 is 2.03 bits per heavy atom. The molecule has 0 spiro atoms. The van der Waals surface area contributed by atoms with Gasteiger partial charge in [-0.25, -0.2) is 9.18 Å². The van der Waals surface area contributed by atoms with Crippen molar-refractivity contribution in [2.45, 2.75) is 45.1 Å². The summed E-state index contributed by atoms with van der Waals surface area (Å²) < 4.78 is 20.0. The summed E-state index contributed by atoms with van der Waals surface area (Å²) in [6.07, 6.45) is 9.34. The summed E-state index contributed by atoms with van der Waals surface area (Å²) in [5.74, 6) is 0.0813. The SMILES string of the molecule is Cc1c(C(NC2=CC=C(C(=O)O)N(C)C2)C2CCCCC2)oc2ccc(F)cc12. The lowest BCUT2D eigenvalue weighted by Gasteiger charge is -2.33. The summed E-state index contributed by atoms with van der Waals surface area (Å²) >= 11 is 0. The number of carboxylic acid groups (broad SMARTS) is 1. The second-order valence-electron chi connectivity index (χ2n) is 8.16. The average molecular weight is 398 g/mol. The number of likely N-dealkylation sites (N-methyl/N-ethyl adjacent to an activating group) is 1. The highest BCUT2D eigenvalue weighted by molar-refractivity contribution is 5.86. The van der Waals surface area contributed by atoms with Crippen LogP contribution < -0.4 is 5.32 Å². The molecule has 2 N–H and O–H groups in total. The van der Waals surface area contributed by atoms with E-state index in [0.717, 1.165) is 35.2 Å². The number of allylic oxidation sites excluding steroid dienone is 2. The number of carbonyl (C=O) groups is 1. The van der Waals surface area contributed by atoms with Gasteiger partial charge >= 0.3 is 5.97 Å². The lowest BCUT2D eigenvalue weighted by Crippen LogP contribution is -2.36. The molecular formula is C23H27FN2O3. The molecule has 1 atom stereocenters. The second kappa shape index (κ2) is 7.93. The number of hydrogen-bond donors (Lipinski definition) is 2. The fourth-order valence-corrected chi connectivity index (χ4v) is 4.60. The van der Waals surface area contributed by atoms with Crippen molar-refractivity contribution < 1.29 is 18.7 Å². The lowest BCUT2D eigenvalue weighted by molar-refractivity contribution is -0.134. The van der Waals surface area contributed by atoms with Gasteiger partial charge in [0.1, 0.15) is 22.9 Å². The number of benzene rings is 1. The van der Waals surface area contributed by atoms with Gasteiger partial charge in [-0.15, -0.1) is 0 Å². The fraction of sp³-hybridized carbons (Fsp3) is 0.435. The van der Waals surface area contributed by atoms with Crippen molar-refractivity contribution >= 4 is 16.9 Å². The number of aliphatic carboxylic acids is 1. The lowest BCUT2D eigenvalue weighted by atomic mass is 9.82. The molecule has 2 aliphatic rings. The number of rotatable bonds is 5. The largest absolute Gasteiger partial charge is 0.477 e. The summed E-state index contributed by atoms with van der Waals surface area (Å²) in [4.78, 5) is 13.1. The minimum Gasteiger partial charge on any atom is -0.477 e. The van der Waals surface area contributed by atoms with Crippen LogP contribution in [-0.4, -0.2) is 29.6 Å². The third-order valence-electron chi connectivity index (χ3n) is 6.16. The summed E-state index contributed by atoms with van der Waals surface area (Å²) in [6.45, 7) is 2.48. The molecule has 5 nitrogen and oxygen atoms in total. The number of aryl methyl sites for hydroxylation is 1.